The first-order valence-corrected chi connectivity index (χ1v) is 16.8. The number of ether oxygens (including phenoxy) is 1. The van der Waals surface area contributed by atoms with E-state index in [1.807, 2.05) is 82.0 Å². The highest BCUT2D eigenvalue weighted by Gasteiger charge is 2.40. The van der Waals surface area contributed by atoms with E-state index in [9.17, 15) is 14.4 Å². The topological polar surface area (TPSA) is 108 Å². The van der Waals surface area contributed by atoms with Crippen LogP contribution < -0.4 is 10.1 Å². The van der Waals surface area contributed by atoms with Crippen LogP contribution in [0, 0.1) is 5.92 Å². The van der Waals surface area contributed by atoms with Crippen LogP contribution in [0.4, 0.5) is 0 Å². The number of likely N-dealkylation sites (N-methyl/N-ethyl adjacent to an activating group) is 1. The maximum absolute atomic E-state index is 14.1. The standard InChI is InChI=1S/C37H49N5O5/c1-25(2)21-29(35(44)42-16-10-13-30(42)36(45)41-19-17-40(6)18-20-41)39-34(43)28-15-14-27(26-11-8-7-9-12-26)22-31(28)46-24-33-38-23-32(47-33)37(3,4)5/h7-9,11-12,14-15,22-23,25,29-30H,10,13,16-21,24H2,1-6H3,(H,39,43)/t29-,30-/m1/s1. The van der Waals surface area contributed by atoms with E-state index in [1.54, 1.807) is 17.2 Å². The van der Waals surface area contributed by atoms with Crippen molar-refractivity contribution in [2.75, 3.05) is 39.8 Å². The summed E-state index contributed by atoms with van der Waals surface area (Å²) in [6.07, 6.45) is 3.54. The highest BCUT2D eigenvalue weighted by Crippen LogP contribution is 2.30. The molecule has 0 spiro atoms. The van der Waals surface area contributed by atoms with E-state index < -0.39 is 18.0 Å². The van der Waals surface area contributed by atoms with Crippen molar-refractivity contribution in [3.63, 3.8) is 0 Å². The van der Waals surface area contributed by atoms with Crippen LogP contribution in [0.25, 0.3) is 11.1 Å². The first-order chi connectivity index (χ1) is 22.4. The molecule has 1 aromatic heterocycles. The van der Waals surface area contributed by atoms with Gasteiger partial charge in [-0.2, -0.15) is 0 Å². The number of hydrogen-bond donors (Lipinski definition) is 1. The van der Waals surface area contributed by atoms with Gasteiger partial charge in [0, 0.05) is 38.1 Å². The number of aromatic nitrogens is 1. The minimum absolute atomic E-state index is 0.00640. The molecule has 2 aromatic carbocycles. The molecule has 3 amide bonds. The van der Waals surface area contributed by atoms with Crippen molar-refractivity contribution in [1.82, 2.24) is 25.0 Å². The van der Waals surface area contributed by atoms with Crippen LogP contribution >= 0.6 is 0 Å². The molecular formula is C37H49N5O5. The van der Waals surface area contributed by atoms with Crippen LogP contribution in [0.2, 0.25) is 0 Å². The van der Waals surface area contributed by atoms with Gasteiger partial charge in [0.1, 0.15) is 23.6 Å². The molecule has 3 aromatic rings. The number of carbonyl (C=O) groups is 3. The third kappa shape index (κ3) is 8.41. The molecule has 3 heterocycles. The molecular weight excluding hydrogens is 594 g/mol. The van der Waals surface area contributed by atoms with Crippen molar-refractivity contribution < 1.29 is 23.5 Å². The minimum atomic E-state index is -0.786. The van der Waals surface area contributed by atoms with Gasteiger partial charge in [0.2, 0.25) is 17.7 Å². The van der Waals surface area contributed by atoms with Gasteiger partial charge in [-0.3, -0.25) is 14.4 Å². The molecule has 2 atom stereocenters. The van der Waals surface area contributed by atoms with Gasteiger partial charge < -0.3 is 29.2 Å². The van der Waals surface area contributed by atoms with Crippen molar-refractivity contribution in [3.05, 3.63) is 71.9 Å². The van der Waals surface area contributed by atoms with Gasteiger partial charge in [0.05, 0.1) is 11.8 Å². The molecule has 252 valence electrons. The molecule has 2 fully saturated rings. The molecule has 2 aliphatic heterocycles. The lowest BCUT2D eigenvalue weighted by Crippen LogP contribution is -2.56. The van der Waals surface area contributed by atoms with E-state index >= 15 is 0 Å². The predicted molar refractivity (Wildman–Crippen MR) is 181 cm³/mol. The smallest absolute Gasteiger partial charge is 0.255 e. The van der Waals surface area contributed by atoms with E-state index in [1.165, 1.54) is 0 Å². The van der Waals surface area contributed by atoms with Gasteiger partial charge >= 0.3 is 0 Å². The Labute approximate surface area is 278 Å². The zero-order valence-corrected chi connectivity index (χ0v) is 28.6. The summed E-state index contributed by atoms with van der Waals surface area (Å²) in [5.74, 6) is 1.03. The summed E-state index contributed by atoms with van der Waals surface area (Å²) in [7, 11) is 2.05. The van der Waals surface area contributed by atoms with E-state index in [4.69, 9.17) is 9.15 Å². The Balaban J connectivity index is 1.37. The summed E-state index contributed by atoms with van der Waals surface area (Å²) in [5.41, 5.74) is 1.97. The van der Waals surface area contributed by atoms with Gasteiger partial charge in [0.25, 0.3) is 5.91 Å². The molecule has 5 rings (SSSR count). The molecule has 1 N–H and O–H groups in total. The molecule has 10 nitrogen and oxygen atoms in total. The van der Waals surface area contributed by atoms with Gasteiger partial charge in [-0.25, -0.2) is 4.98 Å². The number of piperazine rings is 1. The Hall–Kier alpha value is -4.18. The van der Waals surface area contributed by atoms with Crippen LogP contribution in [0.15, 0.2) is 59.1 Å². The van der Waals surface area contributed by atoms with Crippen LogP contribution in [0.3, 0.4) is 0 Å². The van der Waals surface area contributed by atoms with Crippen LogP contribution in [0.1, 0.15) is 75.9 Å². The fourth-order valence-corrected chi connectivity index (χ4v) is 6.16. The van der Waals surface area contributed by atoms with Crippen molar-refractivity contribution in [2.24, 2.45) is 5.92 Å². The summed E-state index contributed by atoms with van der Waals surface area (Å²) < 4.78 is 12.2. The number of nitrogens with zero attached hydrogens (tertiary/aromatic N) is 4. The van der Waals surface area contributed by atoms with Crippen LogP contribution in [-0.2, 0) is 21.6 Å². The summed E-state index contributed by atoms with van der Waals surface area (Å²) in [4.78, 5) is 51.8. The highest BCUT2D eigenvalue weighted by atomic mass is 16.5. The van der Waals surface area contributed by atoms with Gasteiger partial charge in [-0.05, 0) is 55.5 Å². The number of likely N-dealkylation sites (tertiary alicyclic amines) is 1. The van der Waals surface area contributed by atoms with Crippen LogP contribution in [-0.4, -0.2) is 89.3 Å². The van der Waals surface area contributed by atoms with E-state index in [-0.39, 0.29) is 29.8 Å². The number of amides is 3. The fraction of sp³-hybridized carbons (Fsp3) is 0.514. The first-order valence-electron chi connectivity index (χ1n) is 16.8. The first kappa shape index (κ1) is 34.2. The Morgan fingerprint density at radius 1 is 1.00 bits per heavy atom. The molecule has 0 bridgehead atoms. The average Bonchev–Trinajstić information content (AvgIpc) is 3.74. The normalized spacial score (nSPS) is 18.0. The van der Waals surface area contributed by atoms with Crippen molar-refractivity contribution in [3.8, 4) is 16.9 Å². The Morgan fingerprint density at radius 3 is 2.38 bits per heavy atom. The Bertz CT molecular complexity index is 1540. The third-order valence-corrected chi connectivity index (χ3v) is 8.92. The second kappa shape index (κ2) is 14.7. The van der Waals surface area contributed by atoms with E-state index in [0.29, 0.717) is 49.7 Å². The number of rotatable bonds is 10. The molecule has 0 aliphatic carbocycles. The second-order valence-corrected chi connectivity index (χ2v) is 14.2. The molecule has 2 aliphatic rings. The number of carbonyl (C=O) groups excluding carboxylic acids is 3. The monoisotopic (exact) mass is 643 g/mol. The maximum Gasteiger partial charge on any atom is 0.255 e. The number of benzene rings is 2. The average molecular weight is 644 g/mol. The van der Waals surface area contributed by atoms with E-state index in [0.717, 1.165) is 36.4 Å². The summed E-state index contributed by atoms with van der Waals surface area (Å²) >= 11 is 0. The Morgan fingerprint density at radius 2 is 1.72 bits per heavy atom. The number of oxazole rings is 1. The van der Waals surface area contributed by atoms with Gasteiger partial charge in [-0.15, -0.1) is 0 Å². The zero-order chi connectivity index (χ0) is 33.7. The van der Waals surface area contributed by atoms with Gasteiger partial charge in [0.15, 0.2) is 6.61 Å². The van der Waals surface area contributed by atoms with E-state index in [2.05, 4.69) is 22.2 Å². The quantitative estimate of drug-likeness (QED) is 0.327. The van der Waals surface area contributed by atoms with Crippen LogP contribution in [0.5, 0.6) is 5.75 Å². The lowest BCUT2D eigenvalue weighted by molar-refractivity contribution is -0.145. The van der Waals surface area contributed by atoms with Gasteiger partial charge in [-0.1, -0.05) is 71.0 Å². The van der Waals surface area contributed by atoms with Crippen molar-refractivity contribution >= 4 is 17.7 Å². The molecule has 0 unspecified atom stereocenters. The summed E-state index contributed by atoms with van der Waals surface area (Å²) in [6, 6.07) is 14.0. The number of hydrogen-bond acceptors (Lipinski definition) is 7. The zero-order valence-electron chi connectivity index (χ0n) is 28.6. The molecule has 10 heteroatoms. The predicted octanol–water partition coefficient (Wildman–Crippen LogP) is 5.13. The summed E-state index contributed by atoms with van der Waals surface area (Å²) in [6.45, 7) is 13.7. The molecule has 0 saturated carbocycles. The fourth-order valence-electron chi connectivity index (χ4n) is 6.16. The molecule has 2 saturated heterocycles. The number of nitrogens with one attached hydrogen (secondary N) is 1. The van der Waals surface area contributed by atoms with Crippen molar-refractivity contribution in [2.45, 2.75) is 78.0 Å². The maximum atomic E-state index is 14.1. The third-order valence-electron chi connectivity index (χ3n) is 8.92. The largest absolute Gasteiger partial charge is 0.483 e. The summed E-state index contributed by atoms with van der Waals surface area (Å²) in [5, 5.41) is 3.03. The molecule has 0 radical (unpaired) electrons. The second-order valence-electron chi connectivity index (χ2n) is 14.2. The molecule has 47 heavy (non-hydrogen) atoms. The minimum Gasteiger partial charge on any atom is -0.483 e. The Kier molecular flexibility index (Phi) is 10.7. The lowest BCUT2D eigenvalue weighted by Gasteiger charge is -2.36. The van der Waals surface area contributed by atoms with Crippen molar-refractivity contribution in [1.29, 1.82) is 0 Å². The lowest BCUT2D eigenvalue weighted by atomic mass is 9.94. The SMILES string of the molecule is CC(C)C[C@@H](NC(=O)c1ccc(-c2ccccc2)cc1OCc1ncc(C(C)(C)C)o1)C(=O)N1CCC[C@@H]1C(=O)N1CCN(C)CC1. The highest BCUT2D eigenvalue weighted by molar-refractivity contribution is 6.01.